The highest BCUT2D eigenvalue weighted by atomic mass is 32.2. The van der Waals surface area contributed by atoms with Crippen LogP contribution in [0.15, 0.2) is 71.2 Å². The van der Waals surface area contributed by atoms with Gasteiger partial charge in [0, 0.05) is 33.5 Å². The number of hydrogen-bond acceptors (Lipinski definition) is 6. The molecule has 7 nitrogen and oxygen atoms in total. The number of nitrogens with one attached hydrogen (secondary N) is 1. The molecule has 140 valence electrons. The summed E-state index contributed by atoms with van der Waals surface area (Å²) in [5, 5.41) is 9.36. The molecule has 0 saturated carbocycles. The van der Waals surface area contributed by atoms with Gasteiger partial charge in [0.1, 0.15) is 11.4 Å². The number of thiazole rings is 1. The van der Waals surface area contributed by atoms with E-state index in [1.165, 1.54) is 16.0 Å². The first-order valence-corrected chi connectivity index (χ1v) is 10.7. The Bertz CT molecular complexity index is 1140. The van der Waals surface area contributed by atoms with Gasteiger partial charge in [-0.3, -0.25) is 19.3 Å². The minimum Gasteiger partial charge on any atom is -0.296 e. The molecule has 0 bridgehead atoms. The Labute approximate surface area is 167 Å². The molecule has 28 heavy (non-hydrogen) atoms. The van der Waals surface area contributed by atoms with Crippen LogP contribution in [0.25, 0.3) is 17.1 Å². The van der Waals surface area contributed by atoms with Crippen LogP contribution in [0.5, 0.6) is 0 Å². The van der Waals surface area contributed by atoms with Crippen LogP contribution in [0.2, 0.25) is 0 Å². The molecule has 9 heteroatoms. The van der Waals surface area contributed by atoms with E-state index in [9.17, 15) is 9.00 Å². The first-order valence-electron chi connectivity index (χ1n) is 8.28. The molecule has 0 aliphatic heterocycles. The third-order valence-electron chi connectivity index (χ3n) is 3.94. The van der Waals surface area contributed by atoms with Gasteiger partial charge in [0.2, 0.25) is 0 Å². The predicted octanol–water partition coefficient (Wildman–Crippen LogP) is 3.38. The van der Waals surface area contributed by atoms with Gasteiger partial charge in [-0.15, -0.1) is 11.3 Å². The molecule has 3 aromatic heterocycles. The number of hydrogen-bond donors (Lipinski definition) is 1. The quantitative estimate of drug-likeness (QED) is 0.546. The zero-order valence-corrected chi connectivity index (χ0v) is 16.4. The molecule has 0 aliphatic rings. The Balaban J connectivity index is 1.55. The molecule has 0 saturated heterocycles. The van der Waals surface area contributed by atoms with Crippen molar-refractivity contribution in [3.05, 3.63) is 72.0 Å². The number of carbonyl (C=O) groups is 1. The first kappa shape index (κ1) is 18.2. The summed E-state index contributed by atoms with van der Waals surface area (Å²) in [6.07, 6.45) is 4.88. The van der Waals surface area contributed by atoms with Crippen molar-refractivity contribution in [3.63, 3.8) is 0 Å². The highest BCUT2D eigenvalue weighted by Gasteiger charge is 2.16. The summed E-state index contributed by atoms with van der Waals surface area (Å²) in [6, 6.07) is 14.3. The zero-order chi connectivity index (χ0) is 19.5. The topological polar surface area (TPSA) is 89.8 Å². The summed E-state index contributed by atoms with van der Waals surface area (Å²) in [7, 11) is -1.06. The van der Waals surface area contributed by atoms with Crippen LogP contribution in [0.3, 0.4) is 0 Å². The van der Waals surface area contributed by atoms with Crippen molar-refractivity contribution in [2.24, 2.45) is 0 Å². The lowest BCUT2D eigenvalue weighted by Crippen LogP contribution is -2.16. The molecule has 0 radical (unpaired) electrons. The smallest absolute Gasteiger partial charge is 0.276 e. The molecule has 0 spiro atoms. The molecule has 1 N–H and O–H groups in total. The molecule has 1 aromatic carbocycles. The second-order valence-electron chi connectivity index (χ2n) is 5.78. The normalized spacial score (nSPS) is 11.9. The van der Waals surface area contributed by atoms with Crippen LogP contribution in [0.4, 0.5) is 5.13 Å². The number of rotatable bonds is 5. The van der Waals surface area contributed by atoms with Crippen molar-refractivity contribution in [2.45, 2.75) is 4.90 Å². The summed E-state index contributed by atoms with van der Waals surface area (Å²) < 4.78 is 13.1. The average molecular weight is 409 g/mol. The highest BCUT2D eigenvalue weighted by Crippen LogP contribution is 2.24. The molecule has 1 unspecified atom stereocenters. The first-order chi connectivity index (χ1) is 13.6. The van der Waals surface area contributed by atoms with E-state index in [-0.39, 0.29) is 5.91 Å². The fourth-order valence-corrected chi connectivity index (χ4v) is 3.80. The van der Waals surface area contributed by atoms with Gasteiger partial charge in [0.25, 0.3) is 5.91 Å². The molecule has 4 rings (SSSR count). The van der Waals surface area contributed by atoms with Crippen molar-refractivity contribution in [1.29, 1.82) is 0 Å². The van der Waals surface area contributed by atoms with Gasteiger partial charge in [0.15, 0.2) is 5.13 Å². The van der Waals surface area contributed by atoms with Crippen LogP contribution in [0, 0.1) is 0 Å². The van der Waals surface area contributed by atoms with Crippen LogP contribution in [0.1, 0.15) is 10.5 Å². The monoisotopic (exact) mass is 409 g/mol. The third-order valence-corrected chi connectivity index (χ3v) is 5.63. The maximum absolute atomic E-state index is 12.7. The Morgan fingerprint density at radius 3 is 2.61 bits per heavy atom. The lowest BCUT2D eigenvalue weighted by atomic mass is 10.3. The highest BCUT2D eigenvalue weighted by molar-refractivity contribution is 7.84. The van der Waals surface area contributed by atoms with E-state index < -0.39 is 10.8 Å². The number of pyridine rings is 1. The van der Waals surface area contributed by atoms with Crippen molar-refractivity contribution < 1.29 is 9.00 Å². The zero-order valence-electron chi connectivity index (χ0n) is 14.8. The molecular formula is C19H15N5O2S2. The maximum atomic E-state index is 12.7. The summed E-state index contributed by atoms with van der Waals surface area (Å²) in [4.78, 5) is 22.1. The van der Waals surface area contributed by atoms with Gasteiger partial charge in [-0.1, -0.05) is 6.07 Å². The Kier molecular flexibility index (Phi) is 5.09. The van der Waals surface area contributed by atoms with Gasteiger partial charge >= 0.3 is 0 Å². The van der Waals surface area contributed by atoms with E-state index in [0.717, 1.165) is 5.69 Å². The van der Waals surface area contributed by atoms with Gasteiger partial charge in [-0.05, 0) is 42.5 Å². The lowest BCUT2D eigenvalue weighted by molar-refractivity contribution is 0.101. The Morgan fingerprint density at radius 1 is 1.07 bits per heavy atom. The number of nitrogens with zero attached hydrogens (tertiary/aromatic N) is 4. The Morgan fingerprint density at radius 2 is 1.89 bits per heavy atom. The van der Waals surface area contributed by atoms with E-state index >= 15 is 0 Å². The van der Waals surface area contributed by atoms with Crippen molar-refractivity contribution in [1.82, 2.24) is 19.7 Å². The van der Waals surface area contributed by atoms with E-state index in [1.807, 2.05) is 23.6 Å². The fourth-order valence-electron chi connectivity index (χ4n) is 2.58. The fraction of sp³-hybridized carbons (Fsp3) is 0.0526. The van der Waals surface area contributed by atoms with Crippen LogP contribution in [-0.2, 0) is 10.8 Å². The largest absolute Gasteiger partial charge is 0.296 e. The van der Waals surface area contributed by atoms with Crippen molar-refractivity contribution >= 4 is 33.2 Å². The molecule has 1 amide bonds. The van der Waals surface area contributed by atoms with Crippen LogP contribution < -0.4 is 5.32 Å². The van der Waals surface area contributed by atoms with E-state index in [2.05, 4.69) is 20.4 Å². The van der Waals surface area contributed by atoms with Gasteiger partial charge < -0.3 is 0 Å². The van der Waals surface area contributed by atoms with E-state index in [4.69, 9.17) is 0 Å². The Hall–Kier alpha value is -3.17. The summed E-state index contributed by atoms with van der Waals surface area (Å²) in [5.41, 5.74) is 2.54. The van der Waals surface area contributed by atoms with Gasteiger partial charge in [-0.2, -0.15) is 5.10 Å². The second kappa shape index (κ2) is 7.83. The summed E-state index contributed by atoms with van der Waals surface area (Å²) >= 11 is 1.33. The maximum Gasteiger partial charge on any atom is 0.276 e. The number of amides is 1. The predicted molar refractivity (Wildman–Crippen MR) is 109 cm³/mol. The third kappa shape index (κ3) is 3.75. The minimum atomic E-state index is -1.06. The molecule has 3 heterocycles. The number of aromatic nitrogens is 4. The molecule has 1 atom stereocenters. The van der Waals surface area contributed by atoms with Crippen molar-refractivity contribution in [2.75, 3.05) is 11.6 Å². The van der Waals surface area contributed by atoms with Crippen LogP contribution in [-0.4, -0.2) is 36.1 Å². The molecule has 0 aliphatic carbocycles. The lowest BCUT2D eigenvalue weighted by Gasteiger charge is -2.07. The standard InChI is InChI=1S/C19H15N5O2S2/c1-28(26)14-7-5-13(6-8-14)24-17(9-11-21-24)18(25)23-19-22-16(12-27-19)15-4-2-3-10-20-15/h2-12H,1H3,(H,22,23,25). The van der Waals surface area contributed by atoms with E-state index in [0.29, 0.717) is 27.1 Å². The molecular weight excluding hydrogens is 394 g/mol. The van der Waals surface area contributed by atoms with E-state index in [1.54, 1.807) is 49.0 Å². The number of carbonyl (C=O) groups excluding carboxylic acids is 1. The average Bonchev–Trinajstić information content (AvgIpc) is 3.38. The number of benzene rings is 1. The summed E-state index contributed by atoms with van der Waals surface area (Å²) in [5.74, 6) is -0.317. The van der Waals surface area contributed by atoms with Crippen LogP contribution >= 0.6 is 11.3 Å². The van der Waals surface area contributed by atoms with Crippen molar-refractivity contribution in [3.8, 4) is 17.1 Å². The van der Waals surface area contributed by atoms with Gasteiger partial charge in [0.05, 0.1) is 17.6 Å². The number of anilines is 1. The minimum absolute atomic E-state index is 0.317. The van der Waals surface area contributed by atoms with Gasteiger partial charge in [-0.25, -0.2) is 9.67 Å². The summed E-state index contributed by atoms with van der Waals surface area (Å²) in [6.45, 7) is 0. The SMILES string of the molecule is CS(=O)c1ccc(-n2nccc2C(=O)Nc2nc(-c3ccccn3)cs2)cc1. The molecule has 0 fully saturated rings. The second-order valence-corrected chi connectivity index (χ2v) is 8.02. The molecule has 4 aromatic rings.